The van der Waals surface area contributed by atoms with Gasteiger partial charge in [0.1, 0.15) is 11.5 Å². The number of carbonyl (C=O) groups is 1. The number of rotatable bonds is 8. The molecule has 3 heterocycles. The number of fused-ring (bicyclic) bond motifs is 1. The predicted octanol–water partition coefficient (Wildman–Crippen LogP) is 1.61. The van der Waals surface area contributed by atoms with Gasteiger partial charge in [-0.05, 0) is 38.1 Å². The highest BCUT2D eigenvalue weighted by Gasteiger charge is 2.40. The van der Waals surface area contributed by atoms with Gasteiger partial charge < -0.3 is 9.64 Å². The smallest absolute Gasteiger partial charge is 0.278 e. The Morgan fingerprint density at radius 2 is 1.82 bits per heavy atom. The van der Waals surface area contributed by atoms with E-state index in [4.69, 9.17) is 9.73 Å². The molecule has 0 aromatic heterocycles. The fourth-order valence-corrected chi connectivity index (χ4v) is 5.89. The quantitative estimate of drug-likeness (QED) is 0.550. The number of amides is 1. The molecule has 0 N–H and O–H groups in total. The normalized spacial score (nSPS) is 21.8. The summed E-state index contributed by atoms with van der Waals surface area (Å²) in [7, 11) is -1.98. The summed E-state index contributed by atoms with van der Waals surface area (Å²) in [5.74, 6) is 0.224. The molecule has 0 aliphatic carbocycles. The van der Waals surface area contributed by atoms with Gasteiger partial charge in [-0.15, -0.1) is 0 Å². The standard InChI is InChI=1S/C23H32N6O4S/c1-5-8-18-20-21(27(4)26-18)23(30)25-22(24-20)17-15-16(9-10-19(17)33-7-3)34(31,32)29-13-11-28(6-2)12-14-29/h9-10,15,21H,5-8,11-14H2,1-4H3. The van der Waals surface area contributed by atoms with Crippen molar-refractivity contribution in [3.63, 3.8) is 0 Å². The number of piperazine rings is 1. The molecule has 4 rings (SSSR count). The van der Waals surface area contributed by atoms with Crippen LogP contribution in [0.1, 0.15) is 39.2 Å². The van der Waals surface area contributed by atoms with Crippen LogP contribution in [-0.4, -0.2) is 98.2 Å². The average molecular weight is 489 g/mol. The van der Waals surface area contributed by atoms with E-state index in [0.29, 0.717) is 56.2 Å². The lowest BCUT2D eigenvalue weighted by Gasteiger charge is -2.33. The van der Waals surface area contributed by atoms with Gasteiger partial charge in [0, 0.05) is 33.2 Å². The van der Waals surface area contributed by atoms with Crippen molar-refractivity contribution >= 4 is 33.2 Å². The van der Waals surface area contributed by atoms with Gasteiger partial charge in [0.25, 0.3) is 5.91 Å². The van der Waals surface area contributed by atoms with E-state index in [1.807, 2.05) is 13.8 Å². The summed E-state index contributed by atoms with van der Waals surface area (Å²) in [6, 6.07) is 4.06. The van der Waals surface area contributed by atoms with Crippen LogP contribution in [0.15, 0.2) is 38.2 Å². The third-order valence-corrected chi connectivity index (χ3v) is 8.17. The van der Waals surface area contributed by atoms with Gasteiger partial charge in [0.05, 0.1) is 22.8 Å². The number of nitrogens with zero attached hydrogens (tertiary/aromatic N) is 6. The van der Waals surface area contributed by atoms with Crippen LogP contribution in [0.4, 0.5) is 0 Å². The SMILES string of the molecule is CCCC1=NN(C)C2C(=O)N=C(c3cc(S(=O)(=O)N4CCN(CC)CC4)ccc3OCC)N=C12. The fourth-order valence-electron chi connectivity index (χ4n) is 4.44. The zero-order valence-electron chi connectivity index (χ0n) is 20.2. The maximum atomic E-state index is 13.4. The molecule has 34 heavy (non-hydrogen) atoms. The van der Waals surface area contributed by atoms with Crippen molar-refractivity contribution < 1.29 is 17.9 Å². The van der Waals surface area contributed by atoms with E-state index in [1.54, 1.807) is 24.2 Å². The third-order valence-electron chi connectivity index (χ3n) is 6.28. The monoisotopic (exact) mass is 488 g/mol. The van der Waals surface area contributed by atoms with Gasteiger partial charge >= 0.3 is 0 Å². The first-order chi connectivity index (χ1) is 16.3. The Kier molecular flexibility index (Phi) is 7.15. The van der Waals surface area contributed by atoms with Gasteiger partial charge in [0.2, 0.25) is 10.0 Å². The van der Waals surface area contributed by atoms with E-state index in [9.17, 15) is 13.2 Å². The molecule has 1 amide bonds. The fraction of sp³-hybridized carbons (Fsp3) is 0.565. The lowest BCUT2D eigenvalue weighted by molar-refractivity contribution is -0.120. The second-order valence-corrected chi connectivity index (χ2v) is 10.4. The Labute approximate surface area is 201 Å². The Morgan fingerprint density at radius 3 is 2.47 bits per heavy atom. The minimum absolute atomic E-state index is 0.138. The number of amidine groups is 1. The highest BCUT2D eigenvalue weighted by atomic mass is 32.2. The van der Waals surface area contributed by atoms with Crippen molar-refractivity contribution in [1.29, 1.82) is 0 Å². The molecule has 1 saturated heterocycles. The molecular weight excluding hydrogens is 456 g/mol. The first-order valence-electron chi connectivity index (χ1n) is 11.8. The summed E-state index contributed by atoms with van der Waals surface area (Å²) in [5.41, 5.74) is 1.72. The van der Waals surface area contributed by atoms with Crippen molar-refractivity contribution in [3.05, 3.63) is 23.8 Å². The van der Waals surface area contributed by atoms with Crippen LogP contribution >= 0.6 is 0 Å². The largest absolute Gasteiger partial charge is 0.493 e. The third kappa shape index (κ3) is 4.51. The number of likely N-dealkylation sites (N-methyl/N-ethyl adjacent to an activating group) is 2. The molecule has 1 fully saturated rings. The second-order valence-electron chi connectivity index (χ2n) is 8.47. The van der Waals surface area contributed by atoms with Gasteiger partial charge in [-0.3, -0.25) is 9.80 Å². The maximum absolute atomic E-state index is 13.4. The lowest BCUT2D eigenvalue weighted by atomic mass is 10.0. The van der Waals surface area contributed by atoms with Gasteiger partial charge in [-0.25, -0.2) is 13.4 Å². The Morgan fingerprint density at radius 1 is 1.09 bits per heavy atom. The molecule has 3 aliphatic rings. The first-order valence-corrected chi connectivity index (χ1v) is 13.3. The maximum Gasteiger partial charge on any atom is 0.278 e. The molecule has 3 aliphatic heterocycles. The number of carbonyl (C=O) groups excluding carboxylic acids is 1. The van der Waals surface area contributed by atoms with Crippen molar-refractivity contribution in [3.8, 4) is 5.75 Å². The van der Waals surface area contributed by atoms with Crippen molar-refractivity contribution in [2.75, 3.05) is 46.4 Å². The van der Waals surface area contributed by atoms with Crippen LogP contribution in [-0.2, 0) is 14.8 Å². The highest BCUT2D eigenvalue weighted by Crippen LogP contribution is 2.29. The van der Waals surface area contributed by atoms with Crippen molar-refractivity contribution in [1.82, 2.24) is 14.2 Å². The predicted molar refractivity (Wildman–Crippen MR) is 131 cm³/mol. The molecule has 0 bridgehead atoms. The molecule has 184 valence electrons. The minimum atomic E-state index is -3.71. The number of sulfonamides is 1. The number of ether oxygens (including phenoxy) is 1. The second kappa shape index (κ2) is 9.93. The van der Waals surface area contributed by atoms with Gasteiger partial charge in [0.15, 0.2) is 11.9 Å². The van der Waals surface area contributed by atoms with E-state index in [1.165, 1.54) is 10.4 Å². The summed E-state index contributed by atoms with van der Waals surface area (Å²) in [6.45, 7) is 9.49. The van der Waals surface area contributed by atoms with E-state index < -0.39 is 16.1 Å². The Bertz CT molecular complexity index is 1150. The number of hydrazone groups is 1. The molecule has 1 atom stereocenters. The number of benzene rings is 1. The van der Waals surface area contributed by atoms with Crippen LogP contribution in [0.2, 0.25) is 0 Å². The van der Waals surface area contributed by atoms with E-state index in [2.05, 4.69) is 21.9 Å². The van der Waals surface area contributed by atoms with E-state index in [0.717, 1.165) is 18.7 Å². The zero-order chi connectivity index (χ0) is 24.5. The molecule has 1 aromatic rings. The summed E-state index contributed by atoms with van der Waals surface area (Å²) < 4.78 is 34.1. The topological polar surface area (TPSA) is 107 Å². The number of hydrogen-bond acceptors (Lipinski definition) is 8. The van der Waals surface area contributed by atoms with Crippen LogP contribution in [0.3, 0.4) is 0 Å². The molecular formula is C23H32N6O4S. The molecule has 1 aromatic carbocycles. The molecule has 0 saturated carbocycles. The molecule has 0 radical (unpaired) electrons. The Balaban J connectivity index is 1.73. The molecule has 1 unspecified atom stereocenters. The van der Waals surface area contributed by atoms with Crippen molar-refractivity contribution in [2.45, 2.75) is 44.6 Å². The van der Waals surface area contributed by atoms with Crippen LogP contribution in [0.25, 0.3) is 0 Å². The summed E-state index contributed by atoms with van der Waals surface area (Å²) in [4.78, 5) is 24.2. The summed E-state index contributed by atoms with van der Waals surface area (Å²) in [5, 5.41) is 6.07. The zero-order valence-corrected chi connectivity index (χ0v) is 21.0. The lowest BCUT2D eigenvalue weighted by Crippen LogP contribution is -2.48. The van der Waals surface area contributed by atoms with Crippen LogP contribution in [0.5, 0.6) is 5.75 Å². The van der Waals surface area contributed by atoms with Crippen LogP contribution in [0, 0.1) is 0 Å². The number of hydrogen-bond donors (Lipinski definition) is 0. The summed E-state index contributed by atoms with van der Waals surface area (Å²) >= 11 is 0. The summed E-state index contributed by atoms with van der Waals surface area (Å²) in [6.07, 6.45) is 1.55. The molecule has 0 spiro atoms. The minimum Gasteiger partial charge on any atom is -0.493 e. The van der Waals surface area contributed by atoms with E-state index in [-0.39, 0.29) is 16.6 Å². The number of aliphatic imine (C=N–C) groups is 2. The van der Waals surface area contributed by atoms with Crippen LogP contribution < -0.4 is 4.74 Å². The van der Waals surface area contributed by atoms with E-state index >= 15 is 0 Å². The van der Waals surface area contributed by atoms with Gasteiger partial charge in [-0.1, -0.05) is 20.3 Å². The molecule has 11 heteroatoms. The van der Waals surface area contributed by atoms with Gasteiger partial charge in [-0.2, -0.15) is 14.4 Å². The molecule has 10 nitrogen and oxygen atoms in total. The first kappa shape index (κ1) is 24.5. The average Bonchev–Trinajstić information content (AvgIpc) is 3.15. The Hall–Kier alpha value is -2.63. The van der Waals surface area contributed by atoms with Crippen molar-refractivity contribution in [2.24, 2.45) is 15.1 Å². The highest BCUT2D eigenvalue weighted by molar-refractivity contribution is 7.89.